The van der Waals surface area contributed by atoms with Gasteiger partial charge in [-0.15, -0.1) is 0 Å². The van der Waals surface area contributed by atoms with E-state index in [2.05, 4.69) is 10.4 Å². The Morgan fingerprint density at radius 1 is 1.38 bits per heavy atom. The molecule has 4 nitrogen and oxygen atoms in total. The third kappa shape index (κ3) is 3.67. The smallest absolute Gasteiger partial charge is 0.349 e. The Labute approximate surface area is 137 Å². The number of aryl methyl sites for hydroxylation is 1. The van der Waals surface area contributed by atoms with E-state index < -0.39 is 11.7 Å². The number of alkyl halides is 3. The molecular formula is C17H16F3N3O. The Morgan fingerprint density at radius 3 is 2.79 bits per heavy atom. The van der Waals surface area contributed by atoms with Crippen molar-refractivity contribution in [1.29, 1.82) is 0 Å². The van der Waals surface area contributed by atoms with Gasteiger partial charge < -0.3 is 5.32 Å². The van der Waals surface area contributed by atoms with E-state index in [0.717, 1.165) is 11.6 Å². The van der Waals surface area contributed by atoms with E-state index >= 15 is 0 Å². The largest absolute Gasteiger partial charge is 0.416 e. The molecule has 3 rings (SSSR count). The molecule has 1 amide bonds. The predicted molar refractivity (Wildman–Crippen MR) is 83.0 cm³/mol. The van der Waals surface area contributed by atoms with E-state index in [0.29, 0.717) is 6.42 Å². The van der Waals surface area contributed by atoms with Crippen LogP contribution in [0.5, 0.6) is 0 Å². The molecule has 0 aliphatic heterocycles. The maximum atomic E-state index is 13.0. The third-order valence-corrected chi connectivity index (χ3v) is 3.94. The molecule has 0 saturated heterocycles. The number of hydrogen-bond acceptors (Lipinski definition) is 2. The first kappa shape index (κ1) is 16.3. The second kappa shape index (κ2) is 6.14. The fraction of sp³-hybridized carbons (Fsp3) is 0.294. The van der Waals surface area contributed by atoms with E-state index in [9.17, 15) is 18.0 Å². The van der Waals surface area contributed by atoms with Gasteiger partial charge in [-0.05, 0) is 24.1 Å². The number of hydrogen-bond donors (Lipinski definition) is 1. The van der Waals surface area contributed by atoms with Crippen molar-refractivity contribution < 1.29 is 18.0 Å². The van der Waals surface area contributed by atoms with Gasteiger partial charge in [0.2, 0.25) is 5.91 Å². The lowest BCUT2D eigenvalue weighted by Crippen LogP contribution is -2.24. The summed E-state index contributed by atoms with van der Waals surface area (Å²) >= 11 is 0. The minimum atomic E-state index is -4.38. The van der Waals surface area contributed by atoms with Crippen LogP contribution >= 0.6 is 0 Å². The SMILES string of the molecule is Cn1cc(/C=C/C(=O)N[C@@H]2C[C@H]2c2ccccc2C(F)(F)F)cn1. The van der Waals surface area contributed by atoms with Gasteiger partial charge in [0.05, 0.1) is 11.8 Å². The van der Waals surface area contributed by atoms with E-state index in [1.807, 2.05) is 0 Å². The van der Waals surface area contributed by atoms with Crippen LogP contribution in [0.15, 0.2) is 42.7 Å². The number of aromatic nitrogens is 2. The zero-order chi connectivity index (χ0) is 17.3. The summed E-state index contributed by atoms with van der Waals surface area (Å²) in [5, 5.41) is 6.72. The molecule has 2 atom stereocenters. The van der Waals surface area contributed by atoms with E-state index in [4.69, 9.17) is 0 Å². The lowest BCUT2D eigenvalue weighted by atomic mass is 10.0. The van der Waals surface area contributed by atoms with Crippen LogP contribution in [0, 0.1) is 0 Å². The normalized spacial score (nSPS) is 20.3. The van der Waals surface area contributed by atoms with E-state index in [1.165, 1.54) is 18.2 Å². The quantitative estimate of drug-likeness (QED) is 0.873. The molecule has 0 unspecified atom stereocenters. The van der Waals surface area contributed by atoms with Crippen molar-refractivity contribution in [2.75, 3.05) is 0 Å². The van der Waals surface area contributed by atoms with Crippen molar-refractivity contribution in [3.63, 3.8) is 0 Å². The van der Waals surface area contributed by atoms with Gasteiger partial charge in [0, 0.05) is 36.8 Å². The van der Waals surface area contributed by atoms with Crippen LogP contribution in [-0.2, 0) is 18.0 Å². The molecule has 1 heterocycles. The average Bonchev–Trinajstić information content (AvgIpc) is 3.15. The van der Waals surface area contributed by atoms with Crippen LogP contribution in [0.1, 0.15) is 29.0 Å². The van der Waals surface area contributed by atoms with Gasteiger partial charge in [0.25, 0.3) is 0 Å². The van der Waals surface area contributed by atoms with Gasteiger partial charge in [-0.1, -0.05) is 18.2 Å². The topological polar surface area (TPSA) is 46.9 Å². The Morgan fingerprint density at radius 2 is 2.12 bits per heavy atom. The second-order valence-electron chi connectivity index (χ2n) is 5.82. The second-order valence-corrected chi connectivity index (χ2v) is 5.82. The first-order valence-corrected chi connectivity index (χ1v) is 7.48. The first-order valence-electron chi connectivity index (χ1n) is 7.48. The van der Waals surface area contributed by atoms with Crippen LogP contribution in [0.2, 0.25) is 0 Å². The van der Waals surface area contributed by atoms with Gasteiger partial charge in [-0.25, -0.2) is 0 Å². The average molecular weight is 335 g/mol. The summed E-state index contributed by atoms with van der Waals surface area (Å²) in [6, 6.07) is 5.25. The Balaban J connectivity index is 1.62. The monoisotopic (exact) mass is 335 g/mol. The zero-order valence-corrected chi connectivity index (χ0v) is 12.9. The van der Waals surface area contributed by atoms with Crippen molar-refractivity contribution in [1.82, 2.24) is 15.1 Å². The number of nitrogens with zero attached hydrogens (tertiary/aromatic N) is 2. The molecule has 24 heavy (non-hydrogen) atoms. The Hall–Kier alpha value is -2.57. The number of halogens is 3. The summed E-state index contributed by atoms with van der Waals surface area (Å²) < 4.78 is 40.7. The summed E-state index contributed by atoms with van der Waals surface area (Å²) in [6.45, 7) is 0. The van der Waals surface area contributed by atoms with Gasteiger partial charge >= 0.3 is 6.18 Å². The molecule has 1 saturated carbocycles. The van der Waals surface area contributed by atoms with Crippen LogP contribution in [0.3, 0.4) is 0 Å². The summed E-state index contributed by atoms with van der Waals surface area (Å²) in [5.41, 5.74) is 0.395. The Kier molecular flexibility index (Phi) is 4.17. The van der Waals surface area contributed by atoms with Gasteiger partial charge in [0.1, 0.15) is 0 Å². The van der Waals surface area contributed by atoms with Crippen LogP contribution < -0.4 is 5.32 Å². The molecule has 126 valence electrons. The number of nitrogens with one attached hydrogen (secondary N) is 1. The maximum Gasteiger partial charge on any atom is 0.416 e. The van der Waals surface area contributed by atoms with Gasteiger partial charge in [-0.2, -0.15) is 18.3 Å². The zero-order valence-electron chi connectivity index (χ0n) is 12.9. The number of benzene rings is 1. The third-order valence-electron chi connectivity index (χ3n) is 3.94. The standard InChI is InChI=1S/C17H16F3N3O/c1-23-10-11(9-21-23)6-7-16(24)22-15-8-13(15)12-4-2-3-5-14(12)17(18,19)20/h2-7,9-10,13,15H,8H2,1H3,(H,22,24)/b7-6+/t13-,15+/m0/s1. The summed E-state index contributed by atoms with van der Waals surface area (Å²) in [5.74, 6) is -0.616. The molecule has 2 aromatic rings. The predicted octanol–water partition coefficient (Wildman–Crippen LogP) is 3.12. The number of carbonyl (C=O) groups is 1. The molecule has 1 aliphatic rings. The molecular weight excluding hydrogens is 319 g/mol. The van der Waals surface area contributed by atoms with Crippen molar-refractivity contribution in [2.24, 2.45) is 7.05 Å². The molecule has 1 aromatic carbocycles. The molecule has 0 bridgehead atoms. The van der Waals surface area contributed by atoms with Crippen molar-refractivity contribution in [2.45, 2.75) is 24.6 Å². The molecule has 0 spiro atoms. The highest BCUT2D eigenvalue weighted by Gasteiger charge is 2.44. The van der Waals surface area contributed by atoms with Crippen LogP contribution in [-0.4, -0.2) is 21.7 Å². The highest BCUT2D eigenvalue weighted by molar-refractivity contribution is 5.92. The highest BCUT2D eigenvalue weighted by atomic mass is 19.4. The van der Waals surface area contributed by atoms with Crippen molar-refractivity contribution in [3.05, 3.63) is 59.4 Å². The van der Waals surface area contributed by atoms with Gasteiger partial charge in [-0.3, -0.25) is 9.48 Å². The first-order chi connectivity index (χ1) is 11.3. The van der Waals surface area contributed by atoms with Crippen LogP contribution in [0.25, 0.3) is 6.08 Å². The maximum absolute atomic E-state index is 13.0. The molecule has 1 aromatic heterocycles. The molecule has 0 radical (unpaired) electrons. The molecule has 7 heteroatoms. The lowest BCUT2D eigenvalue weighted by Gasteiger charge is -2.12. The van der Waals surface area contributed by atoms with Crippen LogP contribution in [0.4, 0.5) is 13.2 Å². The van der Waals surface area contributed by atoms with Gasteiger partial charge in [0.15, 0.2) is 0 Å². The fourth-order valence-corrected chi connectivity index (χ4v) is 2.71. The Bertz CT molecular complexity index is 779. The number of carbonyl (C=O) groups excluding carboxylic acids is 1. The summed E-state index contributed by atoms with van der Waals surface area (Å²) in [7, 11) is 1.77. The van der Waals surface area contributed by atoms with Crippen molar-refractivity contribution in [3.8, 4) is 0 Å². The number of rotatable bonds is 4. The molecule has 1 aliphatic carbocycles. The number of amides is 1. The highest BCUT2D eigenvalue weighted by Crippen LogP contribution is 2.46. The van der Waals surface area contributed by atoms with E-state index in [1.54, 1.807) is 36.3 Å². The van der Waals surface area contributed by atoms with E-state index in [-0.39, 0.29) is 23.4 Å². The molecule has 1 N–H and O–H groups in total. The summed E-state index contributed by atoms with van der Waals surface area (Å²) in [4.78, 5) is 11.9. The van der Waals surface area contributed by atoms with Crippen molar-refractivity contribution >= 4 is 12.0 Å². The summed E-state index contributed by atoms with van der Waals surface area (Å²) in [6.07, 6.45) is 2.48. The molecule has 1 fully saturated rings. The minimum Gasteiger partial charge on any atom is -0.349 e. The lowest BCUT2D eigenvalue weighted by molar-refractivity contribution is -0.138. The fourth-order valence-electron chi connectivity index (χ4n) is 2.71. The minimum absolute atomic E-state index is 0.242.